The molecule has 130 valence electrons. The molecule has 5 nitrogen and oxygen atoms in total. The lowest BCUT2D eigenvalue weighted by atomic mass is 9.87. The van der Waals surface area contributed by atoms with E-state index in [9.17, 15) is 14.4 Å². The number of nitrogens with one attached hydrogen (secondary N) is 1. The summed E-state index contributed by atoms with van der Waals surface area (Å²) in [5.74, 6) is -0.588. The van der Waals surface area contributed by atoms with E-state index in [1.54, 1.807) is 0 Å². The molecular formula is C19H20N2O3S. The third-order valence-corrected chi connectivity index (χ3v) is 5.58. The Morgan fingerprint density at radius 1 is 1.20 bits per heavy atom. The number of urea groups is 1. The third-order valence-electron chi connectivity index (χ3n) is 4.62. The first kappa shape index (κ1) is 17.4. The van der Waals surface area contributed by atoms with Crippen molar-refractivity contribution in [3.63, 3.8) is 0 Å². The number of hydrogen-bond donors (Lipinski definition) is 1. The summed E-state index contributed by atoms with van der Waals surface area (Å²) in [6.45, 7) is 5.41. The van der Waals surface area contributed by atoms with Crippen molar-refractivity contribution < 1.29 is 14.4 Å². The van der Waals surface area contributed by atoms with Crippen molar-refractivity contribution in [2.75, 3.05) is 6.54 Å². The fourth-order valence-corrected chi connectivity index (χ4v) is 4.21. The van der Waals surface area contributed by atoms with Crippen molar-refractivity contribution in [2.45, 2.75) is 32.7 Å². The van der Waals surface area contributed by atoms with Crippen LogP contribution in [0, 0.1) is 13.8 Å². The highest BCUT2D eigenvalue weighted by Crippen LogP contribution is 2.32. The van der Waals surface area contributed by atoms with Crippen molar-refractivity contribution in [2.24, 2.45) is 0 Å². The molecule has 0 spiro atoms. The van der Waals surface area contributed by atoms with Crippen molar-refractivity contribution in [1.82, 2.24) is 10.2 Å². The molecule has 2 aromatic rings. The van der Waals surface area contributed by atoms with Gasteiger partial charge in [0.05, 0.1) is 6.54 Å². The van der Waals surface area contributed by atoms with Crippen LogP contribution in [0.2, 0.25) is 0 Å². The summed E-state index contributed by atoms with van der Waals surface area (Å²) in [5, 5.41) is 2.80. The Kier molecular flexibility index (Phi) is 4.47. The van der Waals surface area contributed by atoms with Crippen LogP contribution < -0.4 is 5.32 Å². The van der Waals surface area contributed by atoms with Gasteiger partial charge in [0.25, 0.3) is 5.91 Å². The molecule has 1 fully saturated rings. The van der Waals surface area contributed by atoms with Gasteiger partial charge in [-0.2, -0.15) is 0 Å². The minimum absolute atomic E-state index is 0.217. The van der Waals surface area contributed by atoms with Crippen LogP contribution in [-0.4, -0.2) is 29.2 Å². The van der Waals surface area contributed by atoms with E-state index >= 15 is 0 Å². The van der Waals surface area contributed by atoms with Crippen LogP contribution in [0.5, 0.6) is 0 Å². The molecule has 2 heterocycles. The van der Waals surface area contributed by atoms with Crippen molar-refractivity contribution in [3.8, 4) is 0 Å². The Bertz CT molecular complexity index is 844. The Labute approximate surface area is 150 Å². The quantitative estimate of drug-likeness (QED) is 0.659. The molecule has 1 aromatic heterocycles. The van der Waals surface area contributed by atoms with E-state index in [4.69, 9.17) is 0 Å². The van der Waals surface area contributed by atoms with Crippen LogP contribution in [0.15, 0.2) is 36.4 Å². The topological polar surface area (TPSA) is 66.5 Å². The van der Waals surface area contributed by atoms with Crippen LogP contribution in [-0.2, 0) is 10.3 Å². The minimum Gasteiger partial charge on any atom is -0.319 e. The number of ketones is 1. The lowest BCUT2D eigenvalue weighted by Crippen LogP contribution is -2.43. The predicted octanol–water partition coefficient (Wildman–Crippen LogP) is 3.40. The summed E-state index contributed by atoms with van der Waals surface area (Å²) >= 11 is 1.53. The second-order valence-corrected chi connectivity index (χ2v) is 7.66. The first-order valence-corrected chi connectivity index (χ1v) is 9.00. The molecule has 3 rings (SSSR count). The van der Waals surface area contributed by atoms with E-state index in [-0.39, 0.29) is 18.2 Å². The van der Waals surface area contributed by atoms with Gasteiger partial charge in [0.15, 0.2) is 5.78 Å². The van der Waals surface area contributed by atoms with Gasteiger partial charge in [-0.25, -0.2) is 4.79 Å². The lowest BCUT2D eigenvalue weighted by molar-refractivity contribution is -0.131. The number of benzene rings is 1. The zero-order valence-electron chi connectivity index (χ0n) is 14.5. The number of nitrogens with zero attached hydrogens (tertiary/aromatic N) is 1. The summed E-state index contributed by atoms with van der Waals surface area (Å²) in [5.41, 5.74) is 0.211. The van der Waals surface area contributed by atoms with E-state index in [2.05, 4.69) is 5.32 Å². The Morgan fingerprint density at radius 3 is 2.44 bits per heavy atom. The average molecular weight is 356 g/mol. The summed E-state index contributed by atoms with van der Waals surface area (Å²) in [4.78, 5) is 41.0. The van der Waals surface area contributed by atoms with Crippen LogP contribution in [0.1, 0.15) is 39.0 Å². The summed E-state index contributed by atoms with van der Waals surface area (Å²) in [7, 11) is 0. The number of imide groups is 1. The van der Waals surface area contributed by atoms with Gasteiger partial charge in [0.1, 0.15) is 5.54 Å². The molecule has 0 unspecified atom stereocenters. The van der Waals surface area contributed by atoms with Gasteiger partial charge in [-0.3, -0.25) is 14.5 Å². The SMILES string of the molecule is CC[C@@]1(c2ccccc2)NC(=O)N(CC(=O)c2cc(C)sc2C)C1=O. The van der Waals surface area contributed by atoms with Gasteiger partial charge in [-0.1, -0.05) is 37.3 Å². The van der Waals surface area contributed by atoms with E-state index in [1.807, 2.05) is 57.2 Å². The van der Waals surface area contributed by atoms with Crippen molar-refractivity contribution in [3.05, 3.63) is 57.3 Å². The largest absolute Gasteiger partial charge is 0.325 e. The number of rotatable bonds is 5. The van der Waals surface area contributed by atoms with E-state index in [0.29, 0.717) is 12.0 Å². The monoisotopic (exact) mass is 356 g/mol. The highest BCUT2D eigenvalue weighted by atomic mass is 32.1. The number of thiophene rings is 1. The number of carbonyl (C=O) groups excluding carboxylic acids is 3. The molecule has 0 radical (unpaired) electrons. The minimum atomic E-state index is -1.10. The number of carbonyl (C=O) groups is 3. The van der Waals surface area contributed by atoms with Gasteiger partial charge in [-0.05, 0) is 31.9 Å². The molecule has 0 aliphatic carbocycles. The molecule has 3 amide bonds. The van der Waals surface area contributed by atoms with Crippen molar-refractivity contribution >= 4 is 29.1 Å². The van der Waals surface area contributed by atoms with Gasteiger partial charge in [0, 0.05) is 15.3 Å². The third kappa shape index (κ3) is 2.87. The van der Waals surface area contributed by atoms with E-state index in [1.165, 1.54) is 11.3 Å². The fourth-order valence-electron chi connectivity index (χ4n) is 3.27. The van der Waals surface area contributed by atoms with E-state index in [0.717, 1.165) is 20.2 Å². The van der Waals surface area contributed by atoms with Crippen LogP contribution in [0.4, 0.5) is 4.79 Å². The maximum atomic E-state index is 13.0. The van der Waals surface area contributed by atoms with Crippen LogP contribution in [0.25, 0.3) is 0 Å². The molecule has 1 saturated heterocycles. The zero-order chi connectivity index (χ0) is 18.2. The number of aryl methyl sites for hydroxylation is 2. The fraction of sp³-hybridized carbons (Fsp3) is 0.316. The molecule has 1 aliphatic heterocycles. The Hall–Kier alpha value is -2.47. The zero-order valence-corrected chi connectivity index (χ0v) is 15.3. The highest BCUT2D eigenvalue weighted by Gasteiger charge is 2.51. The maximum absolute atomic E-state index is 13.0. The maximum Gasteiger partial charge on any atom is 0.325 e. The van der Waals surface area contributed by atoms with Crippen molar-refractivity contribution in [1.29, 1.82) is 0 Å². The molecule has 1 aromatic carbocycles. The average Bonchev–Trinajstić information content (AvgIpc) is 3.06. The highest BCUT2D eigenvalue weighted by molar-refractivity contribution is 7.12. The summed E-state index contributed by atoms with van der Waals surface area (Å²) in [6.07, 6.45) is 0.420. The van der Waals surface area contributed by atoms with Crippen LogP contribution in [0.3, 0.4) is 0 Å². The second-order valence-electron chi connectivity index (χ2n) is 6.20. The molecular weight excluding hydrogens is 336 g/mol. The number of amides is 3. The normalized spacial score (nSPS) is 20.0. The Balaban J connectivity index is 1.89. The number of Topliss-reactive ketones (excluding diaryl/α,β-unsaturated/α-hetero) is 1. The number of hydrogen-bond acceptors (Lipinski definition) is 4. The van der Waals surface area contributed by atoms with E-state index < -0.39 is 11.6 Å². The second kappa shape index (κ2) is 6.44. The van der Waals surface area contributed by atoms with Crippen LogP contribution >= 0.6 is 11.3 Å². The summed E-state index contributed by atoms with van der Waals surface area (Å²) < 4.78 is 0. The summed E-state index contributed by atoms with van der Waals surface area (Å²) in [6, 6.07) is 10.4. The standard InChI is InChI=1S/C19H20N2O3S/c1-4-19(14-8-6-5-7-9-14)17(23)21(18(24)20-19)11-16(22)15-10-12(2)25-13(15)3/h5-10H,4,11H2,1-3H3,(H,20,24)/t19-/m0/s1. The smallest absolute Gasteiger partial charge is 0.319 e. The van der Waals surface area contributed by atoms with Gasteiger partial charge < -0.3 is 5.32 Å². The Morgan fingerprint density at radius 2 is 1.88 bits per heavy atom. The first-order chi connectivity index (χ1) is 11.9. The van der Waals surface area contributed by atoms with Gasteiger partial charge in [0.2, 0.25) is 0 Å². The molecule has 0 bridgehead atoms. The van der Waals surface area contributed by atoms with Gasteiger partial charge >= 0.3 is 6.03 Å². The van der Waals surface area contributed by atoms with Gasteiger partial charge in [-0.15, -0.1) is 11.3 Å². The molecule has 6 heteroatoms. The molecule has 1 aliphatic rings. The predicted molar refractivity (Wildman–Crippen MR) is 96.8 cm³/mol. The molecule has 25 heavy (non-hydrogen) atoms. The molecule has 0 saturated carbocycles. The first-order valence-electron chi connectivity index (χ1n) is 8.19. The lowest BCUT2D eigenvalue weighted by Gasteiger charge is -2.25. The molecule has 1 N–H and O–H groups in total. The molecule has 1 atom stereocenters.